The summed E-state index contributed by atoms with van der Waals surface area (Å²) in [5.74, 6) is 4.08. The predicted octanol–water partition coefficient (Wildman–Crippen LogP) is 1.62. The average Bonchev–Trinajstić information content (AvgIpc) is 3.02. The van der Waals surface area contributed by atoms with Crippen LogP contribution in [0.4, 0.5) is 0 Å². The highest BCUT2D eigenvalue weighted by molar-refractivity contribution is 5.08. The van der Waals surface area contributed by atoms with Crippen LogP contribution in [0.1, 0.15) is 49.6 Å². The van der Waals surface area contributed by atoms with E-state index in [4.69, 9.17) is 0 Å². The zero-order valence-corrected chi connectivity index (χ0v) is 15.6. The summed E-state index contributed by atoms with van der Waals surface area (Å²) in [4.78, 5) is 9.46. The van der Waals surface area contributed by atoms with E-state index < -0.39 is 0 Å². The van der Waals surface area contributed by atoms with Crippen molar-refractivity contribution >= 4 is 0 Å². The molecule has 2 aromatic heterocycles. The minimum Gasteiger partial charge on any atom is -0.334 e. The highest BCUT2D eigenvalue weighted by atomic mass is 15.3. The lowest BCUT2D eigenvalue weighted by Crippen LogP contribution is -2.35. The summed E-state index contributed by atoms with van der Waals surface area (Å²) in [7, 11) is 4.33. The Hall–Kier alpha value is -1.73. The minimum atomic E-state index is 0.575. The molecule has 1 saturated carbocycles. The zero-order valence-electron chi connectivity index (χ0n) is 15.6. The summed E-state index contributed by atoms with van der Waals surface area (Å²) in [6, 6.07) is 0.575. The number of hydrogen-bond donors (Lipinski definition) is 0. The van der Waals surface area contributed by atoms with E-state index in [0.29, 0.717) is 12.0 Å². The summed E-state index contributed by atoms with van der Waals surface area (Å²) in [5, 5.41) is 8.84. The molecule has 2 aliphatic rings. The first-order valence-corrected chi connectivity index (χ1v) is 9.46. The first-order chi connectivity index (χ1) is 12.2. The van der Waals surface area contributed by atoms with Crippen molar-refractivity contribution in [3.8, 4) is 0 Å². The molecule has 0 spiro atoms. The molecule has 1 saturated heterocycles. The molecule has 0 radical (unpaired) electrons. The zero-order chi connectivity index (χ0) is 17.4. The van der Waals surface area contributed by atoms with Gasteiger partial charge in [-0.2, -0.15) is 0 Å². The van der Waals surface area contributed by atoms with Crippen LogP contribution < -0.4 is 0 Å². The largest absolute Gasteiger partial charge is 0.334 e. The van der Waals surface area contributed by atoms with Crippen LogP contribution in [0, 0.1) is 0 Å². The van der Waals surface area contributed by atoms with Crippen molar-refractivity contribution in [1.82, 2.24) is 34.1 Å². The van der Waals surface area contributed by atoms with Crippen LogP contribution in [0.3, 0.4) is 0 Å². The van der Waals surface area contributed by atoms with Crippen LogP contribution in [0.15, 0.2) is 12.4 Å². The van der Waals surface area contributed by atoms with E-state index in [1.54, 1.807) is 0 Å². The number of rotatable bonds is 7. The van der Waals surface area contributed by atoms with Crippen LogP contribution in [0.2, 0.25) is 0 Å². The van der Waals surface area contributed by atoms with Crippen molar-refractivity contribution in [2.24, 2.45) is 7.05 Å². The number of nitrogens with zero attached hydrogens (tertiary/aromatic N) is 7. The second kappa shape index (κ2) is 6.88. The summed E-state index contributed by atoms with van der Waals surface area (Å²) in [6.07, 6.45) is 7.72. The molecule has 1 unspecified atom stereocenters. The third-order valence-electron chi connectivity index (χ3n) is 5.71. The van der Waals surface area contributed by atoms with Gasteiger partial charge in [-0.3, -0.25) is 9.80 Å². The fourth-order valence-corrected chi connectivity index (χ4v) is 3.86. The molecule has 136 valence electrons. The number of likely N-dealkylation sites (N-methyl/N-ethyl adjacent to an activating group) is 1. The Morgan fingerprint density at radius 1 is 1.20 bits per heavy atom. The maximum atomic E-state index is 4.51. The molecule has 7 nitrogen and oxygen atoms in total. The second-order valence-electron chi connectivity index (χ2n) is 7.53. The lowest BCUT2D eigenvalue weighted by Gasteiger charge is -2.24. The molecule has 0 amide bonds. The van der Waals surface area contributed by atoms with E-state index in [-0.39, 0.29) is 0 Å². The van der Waals surface area contributed by atoms with E-state index in [1.807, 2.05) is 6.20 Å². The van der Waals surface area contributed by atoms with Crippen LogP contribution in [-0.2, 0) is 26.7 Å². The van der Waals surface area contributed by atoms with Gasteiger partial charge in [0.15, 0.2) is 0 Å². The van der Waals surface area contributed by atoms with Crippen LogP contribution in [0.25, 0.3) is 0 Å². The van der Waals surface area contributed by atoms with Crippen LogP contribution in [0.5, 0.6) is 0 Å². The third-order valence-corrected chi connectivity index (χ3v) is 5.71. The monoisotopic (exact) mass is 343 g/mol. The molecular weight excluding hydrogens is 314 g/mol. The quantitative estimate of drug-likeness (QED) is 0.765. The van der Waals surface area contributed by atoms with Crippen molar-refractivity contribution in [2.75, 3.05) is 20.1 Å². The lowest BCUT2D eigenvalue weighted by molar-refractivity contribution is 0.214. The number of aryl methyl sites for hydroxylation is 1. The number of imidazole rings is 1. The van der Waals surface area contributed by atoms with Gasteiger partial charge < -0.3 is 9.13 Å². The number of likely N-dealkylation sites (tertiary alicyclic amines) is 1. The van der Waals surface area contributed by atoms with Crippen molar-refractivity contribution in [3.63, 3.8) is 0 Å². The molecule has 1 atom stereocenters. The van der Waals surface area contributed by atoms with E-state index in [2.05, 4.69) is 61.3 Å². The molecular formula is C18H29N7. The number of aromatic nitrogens is 5. The Morgan fingerprint density at radius 2 is 2.04 bits per heavy atom. The molecule has 1 aliphatic carbocycles. The normalized spacial score (nSPS) is 21.5. The van der Waals surface area contributed by atoms with Gasteiger partial charge in [0.05, 0.1) is 13.1 Å². The molecule has 3 heterocycles. The molecule has 0 bridgehead atoms. The summed E-state index contributed by atoms with van der Waals surface area (Å²) in [5.41, 5.74) is 0. The van der Waals surface area contributed by atoms with E-state index in [0.717, 1.165) is 38.5 Å². The van der Waals surface area contributed by atoms with E-state index in [1.165, 1.54) is 30.9 Å². The van der Waals surface area contributed by atoms with E-state index in [9.17, 15) is 0 Å². The van der Waals surface area contributed by atoms with Crippen molar-refractivity contribution < 1.29 is 0 Å². The molecule has 2 aromatic rings. The smallest absolute Gasteiger partial charge is 0.146 e. The molecule has 4 rings (SSSR count). The summed E-state index contributed by atoms with van der Waals surface area (Å²) < 4.78 is 4.44. The SMILES string of the molecule is CCn1ccnc1CN1CCC(N(C)Cc2nnc(C3CC3)n2C)C1. The van der Waals surface area contributed by atoms with Crippen molar-refractivity contribution in [1.29, 1.82) is 0 Å². The fourth-order valence-electron chi connectivity index (χ4n) is 3.86. The second-order valence-corrected chi connectivity index (χ2v) is 7.53. The van der Waals surface area contributed by atoms with E-state index >= 15 is 0 Å². The summed E-state index contributed by atoms with van der Waals surface area (Å²) >= 11 is 0. The van der Waals surface area contributed by atoms with Gasteiger partial charge in [0.2, 0.25) is 0 Å². The van der Waals surface area contributed by atoms with Crippen LogP contribution in [-0.4, -0.2) is 60.3 Å². The van der Waals surface area contributed by atoms with Crippen molar-refractivity contribution in [3.05, 3.63) is 29.9 Å². The third kappa shape index (κ3) is 3.48. The lowest BCUT2D eigenvalue weighted by atomic mass is 10.2. The molecule has 7 heteroatoms. The predicted molar refractivity (Wildman–Crippen MR) is 96.0 cm³/mol. The van der Waals surface area contributed by atoms with Gasteiger partial charge in [-0.05, 0) is 33.2 Å². The topological polar surface area (TPSA) is 55.0 Å². The van der Waals surface area contributed by atoms with Gasteiger partial charge in [-0.15, -0.1) is 10.2 Å². The van der Waals surface area contributed by atoms with Gasteiger partial charge in [0.1, 0.15) is 17.5 Å². The molecule has 0 N–H and O–H groups in total. The van der Waals surface area contributed by atoms with Gasteiger partial charge in [-0.25, -0.2) is 4.98 Å². The first kappa shape index (κ1) is 16.7. The molecule has 2 fully saturated rings. The number of hydrogen-bond acceptors (Lipinski definition) is 5. The van der Waals surface area contributed by atoms with Gasteiger partial charge >= 0.3 is 0 Å². The minimum absolute atomic E-state index is 0.575. The molecule has 1 aliphatic heterocycles. The van der Waals surface area contributed by atoms with Gasteiger partial charge in [-0.1, -0.05) is 0 Å². The first-order valence-electron chi connectivity index (χ1n) is 9.46. The maximum absolute atomic E-state index is 4.51. The van der Waals surface area contributed by atoms with Gasteiger partial charge in [0, 0.05) is 51.0 Å². The molecule has 25 heavy (non-hydrogen) atoms. The highest BCUT2D eigenvalue weighted by Crippen LogP contribution is 2.38. The van der Waals surface area contributed by atoms with Crippen LogP contribution >= 0.6 is 0 Å². The standard InChI is InChI=1S/C18H29N7/c1-4-25-10-8-19-16(25)13-24-9-7-15(11-24)22(2)12-17-20-21-18(23(17)3)14-5-6-14/h8,10,14-15H,4-7,9,11-13H2,1-3H3. The summed E-state index contributed by atoms with van der Waals surface area (Å²) in [6.45, 7) is 7.21. The fraction of sp³-hybridized carbons (Fsp3) is 0.722. The Morgan fingerprint density at radius 3 is 2.80 bits per heavy atom. The Bertz CT molecular complexity index is 715. The molecule has 0 aromatic carbocycles. The average molecular weight is 343 g/mol. The van der Waals surface area contributed by atoms with Gasteiger partial charge in [0.25, 0.3) is 0 Å². The van der Waals surface area contributed by atoms with Crippen molar-refractivity contribution in [2.45, 2.75) is 57.8 Å². The highest BCUT2D eigenvalue weighted by Gasteiger charge is 2.31. The Kier molecular flexibility index (Phi) is 4.60. The Labute approximate surface area is 149 Å². The maximum Gasteiger partial charge on any atom is 0.146 e. The Balaban J connectivity index is 1.33.